The molecule has 1 aromatic rings. The second-order valence-electron chi connectivity index (χ2n) is 9.88. The minimum atomic E-state index is -0.399. The maximum Gasteiger partial charge on any atom is 0.177 e. The summed E-state index contributed by atoms with van der Waals surface area (Å²) in [6, 6.07) is 4.36. The predicted octanol–water partition coefficient (Wildman–Crippen LogP) is 3.29. The van der Waals surface area contributed by atoms with Crippen LogP contribution in [0.5, 0.6) is 11.5 Å². The molecule has 2 saturated carbocycles. The summed E-state index contributed by atoms with van der Waals surface area (Å²) >= 11 is 0. The molecule has 1 spiro atoms. The summed E-state index contributed by atoms with van der Waals surface area (Å²) in [5.74, 6) is 2.76. The average molecular weight is 367 g/mol. The van der Waals surface area contributed by atoms with Gasteiger partial charge < -0.3 is 9.84 Å². The minimum absolute atomic E-state index is 0.0253. The van der Waals surface area contributed by atoms with Crippen molar-refractivity contribution in [2.24, 2.45) is 23.7 Å². The zero-order chi connectivity index (χ0) is 18.5. The lowest BCUT2D eigenvalue weighted by Gasteiger charge is -2.61. The van der Waals surface area contributed by atoms with Crippen molar-refractivity contribution in [3.8, 4) is 11.5 Å². The number of Topliss-reactive ketones (excluding diaryl/α,β-unsaturated/α-hetero) is 1. The van der Waals surface area contributed by atoms with E-state index in [9.17, 15) is 9.90 Å². The number of piperidine rings is 1. The molecular weight excluding hydrogens is 338 g/mol. The smallest absolute Gasteiger partial charge is 0.177 e. The molecule has 0 amide bonds. The van der Waals surface area contributed by atoms with Crippen molar-refractivity contribution in [3.63, 3.8) is 0 Å². The van der Waals surface area contributed by atoms with E-state index in [1.807, 2.05) is 0 Å². The van der Waals surface area contributed by atoms with Gasteiger partial charge in [-0.1, -0.05) is 26.3 Å². The number of likely N-dealkylation sites (tertiary alicyclic amines) is 1. The Morgan fingerprint density at radius 2 is 2.11 bits per heavy atom. The number of rotatable bonds is 2. The van der Waals surface area contributed by atoms with E-state index in [1.165, 1.54) is 36.9 Å². The van der Waals surface area contributed by atoms with E-state index in [4.69, 9.17) is 4.74 Å². The topological polar surface area (TPSA) is 49.8 Å². The summed E-state index contributed by atoms with van der Waals surface area (Å²) in [7, 11) is 0. The standard InChI is InChI=1S/C23H29NO3/c1-12-13(2)20(26)22-23-8-9-24(11-14-4-3-5-14)16(18(12)23)10-15-6-7-17(25)21(27-22)19(15)23/h6-7,12-14,16,18,22,25H,3-5,8-11H2,1-2H3/t12-,13-,16+,18+,22+,23-/m0/s1. The summed E-state index contributed by atoms with van der Waals surface area (Å²) in [6.07, 6.45) is 5.76. The largest absolute Gasteiger partial charge is 0.504 e. The van der Waals surface area contributed by atoms with Gasteiger partial charge in [0.15, 0.2) is 23.4 Å². The summed E-state index contributed by atoms with van der Waals surface area (Å²) < 4.78 is 6.27. The van der Waals surface area contributed by atoms with E-state index in [1.54, 1.807) is 6.07 Å². The zero-order valence-corrected chi connectivity index (χ0v) is 16.3. The molecule has 2 aliphatic heterocycles. The summed E-state index contributed by atoms with van der Waals surface area (Å²) in [5.41, 5.74) is 2.27. The molecule has 0 unspecified atom stereocenters. The number of carbonyl (C=O) groups is 1. The molecule has 6 atom stereocenters. The van der Waals surface area contributed by atoms with Crippen LogP contribution in [0.4, 0.5) is 0 Å². The highest BCUT2D eigenvalue weighted by Gasteiger charge is 2.69. The first kappa shape index (κ1) is 16.4. The second kappa shape index (κ2) is 5.28. The Kier molecular flexibility index (Phi) is 3.21. The number of ketones is 1. The molecule has 2 heterocycles. The molecular formula is C23H29NO3. The van der Waals surface area contributed by atoms with Crippen molar-refractivity contribution in [1.29, 1.82) is 0 Å². The molecule has 4 heteroatoms. The van der Waals surface area contributed by atoms with Crippen LogP contribution in [0.15, 0.2) is 12.1 Å². The van der Waals surface area contributed by atoms with Gasteiger partial charge in [-0.2, -0.15) is 0 Å². The molecule has 0 aromatic heterocycles. The number of phenols is 1. The van der Waals surface area contributed by atoms with Crippen molar-refractivity contribution in [2.75, 3.05) is 13.1 Å². The highest BCUT2D eigenvalue weighted by Crippen LogP contribution is 2.65. The van der Waals surface area contributed by atoms with Gasteiger partial charge in [-0.25, -0.2) is 0 Å². The maximum absolute atomic E-state index is 13.3. The van der Waals surface area contributed by atoms with E-state index < -0.39 is 6.10 Å². The van der Waals surface area contributed by atoms with Gasteiger partial charge in [-0.3, -0.25) is 9.69 Å². The fraction of sp³-hybridized carbons (Fsp3) is 0.696. The average Bonchev–Trinajstić information content (AvgIpc) is 2.96. The molecule has 6 rings (SSSR count). The minimum Gasteiger partial charge on any atom is -0.504 e. The van der Waals surface area contributed by atoms with Crippen LogP contribution >= 0.6 is 0 Å². The number of aromatic hydroxyl groups is 1. The quantitative estimate of drug-likeness (QED) is 0.871. The first-order valence-electron chi connectivity index (χ1n) is 10.8. The molecule has 3 aliphatic carbocycles. The lowest BCUT2D eigenvalue weighted by molar-refractivity contribution is -0.152. The summed E-state index contributed by atoms with van der Waals surface area (Å²) in [5, 5.41) is 10.5. The third-order valence-corrected chi connectivity index (χ3v) is 8.89. The van der Waals surface area contributed by atoms with Crippen molar-refractivity contribution < 1.29 is 14.6 Å². The molecule has 5 aliphatic rings. The van der Waals surface area contributed by atoms with Gasteiger partial charge in [-0.15, -0.1) is 0 Å². The van der Waals surface area contributed by atoms with Crippen LogP contribution in [0.3, 0.4) is 0 Å². The van der Waals surface area contributed by atoms with Crippen LogP contribution in [0.1, 0.15) is 50.7 Å². The highest BCUT2D eigenvalue weighted by molar-refractivity contribution is 5.91. The fourth-order valence-corrected chi connectivity index (χ4v) is 7.25. The maximum atomic E-state index is 13.3. The Labute approximate surface area is 160 Å². The van der Waals surface area contributed by atoms with Crippen molar-refractivity contribution in [2.45, 2.75) is 63.5 Å². The van der Waals surface area contributed by atoms with E-state index in [0.29, 0.717) is 23.6 Å². The molecule has 2 bridgehead atoms. The normalized spacial score (nSPS) is 42.4. The van der Waals surface area contributed by atoms with Crippen LogP contribution < -0.4 is 4.74 Å². The molecule has 1 saturated heterocycles. The number of benzene rings is 1. The van der Waals surface area contributed by atoms with Gasteiger partial charge in [0.2, 0.25) is 0 Å². The zero-order valence-electron chi connectivity index (χ0n) is 16.3. The fourth-order valence-electron chi connectivity index (χ4n) is 7.25. The number of hydrogen-bond acceptors (Lipinski definition) is 4. The Balaban J connectivity index is 1.52. The number of nitrogens with zero attached hydrogens (tertiary/aromatic N) is 1. The lowest BCUT2D eigenvalue weighted by Crippen LogP contribution is -2.70. The van der Waals surface area contributed by atoms with Crippen molar-refractivity contribution >= 4 is 5.78 Å². The number of hydrogen-bond donors (Lipinski definition) is 1. The van der Waals surface area contributed by atoms with Gasteiger partial charge in [0.05, 0.1) is 0 Å². The first-order chi connectivity index (χ1) is 13.0. The molecule has 1 aromatic carbocycles. The van der Waals surface area contributed by atoms with Crippen LogP contribution in [-0.2, 0) is 16.6 Å². The van der Waals surface area contributed by atoms with E-state index in [2.05, 4.69) is 24.8 Å². The first-order valence-corrected chi connectivity index (χ1v) is 10.8. The summed E-state index contributed by atoms with van der Waals surface area (Å²) in [6.45, 7) is 6.66. The van der Waals surface area contributed by atoms with Crippen LogP contribution in [-0.4, -0.2) is 41.0 Å². The van der Waals surface area contributed by atoms with E-state index >= 15 is 0 Å². The molecule has 0 radical (unpaired) electrons. The molecule has 27 heavy (non-hydrogen) atoms. The van der Waals surface area contributed by atoms with Crippen LogP contribution in [0.25, 0.3) is 0 Å². The number of phenolic OH excluding ortho intramolecular Hbond substituents is 1. The lowest BCUT2D eigenvalue weighted by atomic mass is 9.47. The molecule has 144 valence electrons. The van der Waals surface area contributed by atoms with Crippen LogP contribution in [0.2, 0.25) is 0 Å². The molecule has 4 nitrogen and oxygen atoms in total. The molecule has 3 fully saturated rings. The second-order valence-corrected chi connectivity index (χ2v) is 9.88. The summed E-state index contributed by atoms with van der Waals surface area (Å²) in [4.78, 5) is 16.0. The SMILES string of the molecule is C[C@@H]1[C@@H]2[C@H]3Cc4ccc(O)c5c4[C@@]2(CCN3CC2CCC2)[C@H](O5)C(=O)[C@H]1C. The van der Waals surface area contributed by atoms with Gasteiger partial charge in [0, 0.05) is 29.5 Å². The van der Waals surface area contributed by atoms with Crippen molar-refractivity contribution in [1.82, 2.24) is 4.90 Å². The third-order valence-electron chi connectivity index (χ3n) is 8.89. The number of ether oxygens (including phenoxy) is 1. The number of carbonyl (C=O) groups excluding carboxylic acids is 1. The monoisotopic (exact) mass is 367 g/mol. The van der Waals surface area contributed by atoms with Gasteiger partial charge in [-0.05, 0) is 61.6 Å². The Bertz CT molecular complexity index is 831. The van der Waals surface area contributed by atoms with Gasteiger partial charge in [0.25, 0.3) is 0 Å². The predicted molar refractivity (Wildman–Crippen MR) is 102 cm³/mol. The van der Waals surface area contributed by atoms with Crippen molar-refractivity contribution in [3.05, 3.63) is 23.3 Å². The Morgan fingerprint density at radius 1 is 1.30 bits per heavy atom. The highest BCUT2D eigenvalue weighted by atomic mass is 16.5. The third kappa shape index (κ3) is 1.86. The van der Waals surface area contributed by atoms with E-state index in [0.717, 1.165) is 25.3 Å². The van der Waals surface area contributed by atoms with E-state index in [-0.39, 0.29) is 22.9 Å². The Morgan fingerprint density at radius 3 is 2.85 bits per heavy atom. The molecule has 1 N–H and O–H groups in total. The van der Waals surface area contributed by atoms with Crippen LogP contribution in [0, 0.1) is 23.7 Å². The van der Waals surface area contributed by atoms with Gasteiger partial charge >= 0.3 is 0 Å². The van der Waals surface area contributed by atoms with Gasteiger partial charge in [0.1, 0.15) is 0 Å². The Hall–Kier alpha value is -1.55.